The smallest absolute Gasteiger partial charge is 0.247 e. The SMILES string of the molecule is CN1CCN(C#CC(=O)c2cc(Br)cs2)CC1. The van der Waals surface area contributed by atoms with Crippen LogP contribution in [0.15, 0.2) is 15.9 Å². The van der Waals surface area contributed by atoms with Gasteiger partial charge in [0.2, 0.25) is 5.78 Å². The standard InChI is InChI=1S/C12H13BrN2OS/c1-14-4-6-15(7-5-14)3-2-11(16)12-8-10(13)9-17-12/h8-9H,4-7H2,1H3. The van der Waals surface area contributed by atoms with E-state index in [9.17, 15) is 4.79 Å². The van der Waals surface area contributed by atoms with Gasteiger partial charge in [-0.25, -0.2) is 0 Å². The normalized spacial score (nSPS) is 16.5. The molecular weight excluding hydrogens is 300 g/mol. The van der Waals surface area contributed by atoms with Crippen LogP contribution in [0.1, 0.15) is 9.67 Å². The maximum Gasteiger partial charge on any atom is 0.247 e. The summed E-state index contributed by atoms with van der Waals surface area (Å²) in [6.07, 6.45) is 0. The Hall–Kier alpha value is -0.830. The van der Waals surface area contributed by atoms with Gasteiger partial charge in [0, 0.05) is 48.0 Å². The fourth-order valence-corrected chi connectivity index (χ4v) is 2.86. The van der Waals surface area contributed by atoms with E-state index in [4.69, 9.17) is 0 Å². The fraction of sp³-hybridized carbons (Fsp3) is 0.417. The van der Waals surface area contributed by atoms with Crippen LogP contribution in [-0.2, 0) is 0 Å². The molecule has 17 heavy (non-hydrogen) atoms. The molecule has 0 aliphatic carbocycles. The van der Waals surface area contributed by atoms with Crippen LogP contribution in [0.2, 0.25) is 0 Å². The first-order chi connectivity index (χ1) is 8.15. The number of carbonyl (C=O) groups is 1. The Bertz CT molecular complexity index is 466. The molecule has 0 spiro atoms. The number of hydrogen-bond acceptors (Lipinski definition) is 4. The van der Waals surface area contributed by atoms with Crippen LogP contribution in [0, 0.1) is 12.0 Å². The Morgan fingerprint density at radius 2 is 2.12 bits per heavy atom. The molecule has 1 aromatic rings. The maximum atomic E-state index is 11.7. The second-order valence-electron chi connectivity index (χ2n) is 3.99. The summed E-state index contributed by atoms with van der Waals surface area (Å²) in [6, 6.07) is 4.76. The predicted octanol–water partition coefficient (Wildman–Crippen LogP) is 1.90. The van der Waals surface area contributed by atoms with Gasteiger partial charge in [-0.1, -0.05) is 0 Å². The summed E-state index contributed by atoms with van der Waals surface area (Å²) in [7, 11) is 2.10. The van der Waals surface area contributed by atoms with Crippen molar-refractivity contribution in [3.05, 3.63) is 20.8 Å². The van der Waals surface area contributed by atoms with Crippen molar-refractivity contribution in [1.82, 2.24) is 9.80 Å². The number of likely N-dealkylation sites (N-methyl/N-ethyl adjacent to an activating group) is 1. The van der Waals surface area contributed by atoms with Crippen LogP contribution in [0.5, 0.6) is 0 Å². The molecule has 90 valence electrons. The van der Waals surface area contributed by atoms with Gasteiger partial charge in [0.1, 0.15) is 0 Å². The Morgan fingerprint density at radius 3 is 2.71 bits per heavy atom. The van der Waals surface area contributed by atoms with Gasteiger partial charge in [0.05, 0.1) is 4.88 Å². The zero-order valence-electron chi connectivity index (χ0n) is 9.57. The molecule has 1 aliphatic heterocycles. The molecule has 1 aromatic heterocycles. The molecule has 0 radical (unpaired) electrons. The average Bonchev–Trinajstić information content (AvgIpc) is 2.75. The van der Waals surface area contributed by atoms with Gasteiger partial charge >= 0.3 is 0 Å². The van der Waals surface area contributed by atoms with E-state index in [2.05, 4.69) is 39.8 Å². The van der Waals surface area contributed by atoms with E-state index in [1.807, 2.05) is 16.3 Å². The van der Waals surface area contributed by atoms with Gasteiger partial charge < -0.3 is 9.80 Å². The van der Waals surface area contributed by atoms with Crippen LogP contribution in [0.25, 0.3) is 0 Å². The summed E-state index contributed by atoms with van der Waals surface area (Å²) < 4.78 is 0.937. The minimum Gasteiger partial charge on any atom is -0.330 e. The Balaban J connectivity index is 1.95. The fourth-order valence-electron chi connectivity index (χ4n) is 1.54. The number of piperazine rings is 1. The molecule has 1 aliphatic rings. The number of Topliss-reactive ketones (excluding diaryl/α,β-unsaturated/α-hetero) is 1. The zero-order chi connectivity index (χ0) is 12.3. The third kappa shape index (κ3) is 3.56. The summed E-state index contributed by atoms with van der Waals surface area (Å²) >= 11 is 4.75. The minimum atomic E-state index is -0.0976. The van der Waals surface area contributed by atoms with Crippen LogP contribution < -0.4 is 0 Å². The lowest BCUT2D eigenvalue weighted by Crippen LogP contribution is -2.42. The van der Waals surface area contributed by atoms with Gasteiger partial charge in [-0.15, -0.1) is 11.3 Å². The van der Waals surface area contributed by atoms with Crippen LogP contribution in [-0.4, -0.2) is 48.8 Å². The van der Waals surface area contributed by atoms with E-state index in [-0.39, 0.29) is 5.78 Å². The lowest BCUT2D eigenvalue weighted by Gasteiger charge is -2.29. The van der Waals surface area contributed by atoms with E-state index in [0.29, 0.717) is 4.88 Å². The lowest BCUT2D eigenvalue weighted by molar-refractivity contribution is 0.105. The summed E-state index contributed by atoms with van der Waals surface area (Å²) in [5.41, 5.74) is 0. The summed E-state index contributed by atoms with van der Waals surface area (Å²) in [5.74, 6) is 2.61. The first-order valence-electron chi connectivity index (χ1n) is 5.38. The van der Waals surface area contributed by atoms with Crippen molar-refractivity contribution in [3.63, 3.8) is 0 Å². The first-order valence-corrected chi connectivity index (χ1v) is 7.06. The number of halogens is 1. The van der Waals surface area contributed by atoms with Gasteiger partial charge in [-0.3, -0.25) is 4.79 Å². The molecule has 0 unspecified atom stereocenters. The molecule has 3 nitrogen and oxygen atoms in total. The quantitative estimate of drug-likeness (QED) is 0.584. The molecule has 2 heterocycles. The molecule has 0 saturated carbocycles. The third-order valence-electron chi connectivity index (χ3n) is 2.62. The number of rotatable bonds is 1. The molecule has 0 aromatic carbocycles. The Labute approximate surface area is 114 Å². The number of thiophene rings is 1. The van der Waals surface area contributed by atoms with Crippen molar-refractivity contribution in [2.75, 3.05) is 33.2 Å². The molecule has 0 amide bonds. The van der Waals surface area contributed by atoms with Crippen molar-refractivity contribution >= 4 is 33.0 Å². The van der Waals surface area contributed by atoms with Gasteiger partial charge in [-0.05, 0) is 29.0 Å². The van der Waals surface area contributed by atoms with Crippen molar-refractivity contribution in [3.8, 4) is 12.0 Å². The highest BCUT2D eigenvalue weighted by molar-refractivity contribution is 9.10. The molecule has 1 saturated heterocycles. The van der Waals surface area contributed by atoms with Crippen molar-refractivity contribution in [1.29, 1.82) is 0 Å². The highest BCUT2D eigenvalue weighted by atomic mass is 79.9. The summed E-state index contributed by atoms with van der Waals surface area (Å²) in [4.78, 5) is 16.7. The van der Waals surface area contributed by atoms with Gasteiger partial charge in [-0.2, -0.15) is 0 Å². The van der Waals surface area contributed by atoms with E-state index in [1.54, 1.807) is 0 Å². The highest BCUT2D eigenvalue weighted by Crippen LogP contribution is 2.19. The number of ketones is 1. The van der Waals surface area contributed by atoms with E-state index >= 15 is 0 Å². The predicted molar refractivity (Wildman–Crippen MR) is 73.2 cm³/mol. The second kappa shape index (κ2) is 5.67. The monoisotopic (exact) mass is 312 g/mol. The molecular formula is C12H13BrN2OS. The van der Waals surface area contributed by atoms with Crippen molar-refractivity contribution < 1.29 is 4.79 Å². The molecule has 0 bridgehead atoms. The number of nitrogens with zero attached hydrogens (tertiary/aromatic N) is 2. The Morgan fingerprint density at radius 1 is 1.41 bits per heavy atom. The largest absolute Gasteiger partial charge is 0.330 e. The van der Waals surface area contributed by atoms with Crippen molar-refractivity contribution in [2.45, 2.75) is 0 Å². The molecule has 5 heteroatoms. The lowest BCUT2D eigenvalue weighted by atomic mass is 10.3. The van der Waals surface area contributed by atoms with Crippen LogP contribution in [0.3, 0.4) is 0 Å². The van der Waals surface area contributed by atoms with E-state index in [0.717, 1.165) is 30.7 Å². The highest BCUT2D eigenvalue weighted by Gasteiger charge is 2.11. The third-order valence-corrected chi connectivity index (χ3v) is 4.31. The van der Waals surface area contributed by atoms with Gasteiger partial charge in [0.25, 0.3) is 0 Å². The summed E-state index contributed by atoms with van der Waals surface area (Å²) in [6.45, 7) is 3.83. The number of hydrogen-bond donors (Lipinski definition) is 0. The van der Waals surface area contributed by atoms with Crippen LogP contribution >= 0.6 is 27.3 Å². The molecule has 1 fully saturated rings. The summed E-state index contributed by atoms with van der Waals surface area (Å²) in [5, 5.41) is 1.89. The zero-order valence-corrected chi connectivity index (χ0v) is 12.0. The minimum absolute atomic E-state index is 0.0976. The first kappa shape index (κ1) is 12.6. The van der Waals surface area contributed by atoms with Gasteiger partial charge in [0.15, 0.2) is 0 Å². The average molecular weight is 313 g/mol. The van der Waals surface area contributed by atoms with E-state index < -0.39 is 0 Å². The second-order valence-corrected chi connectivity index (χ2v) is 5.81. The van der Waals surface area contributed by atoms with Crippen molar-refractivity contribution in [2.24, 2.45) is 0 Å². The number of carbonyl (C=O) groups excluding carboxylic acids is 1. The molecule has 0 N–H and O–H groups in total. The maximum absolute atomic E-state index is 11.7. The van der Waals surface area contributed by atoms with E-state index in [1.165, 1.54) is 11.3 Å². The Kier molecular flexibility index (Phi) is 4.21. The van der Waals surface area contributed by atoms with Crippen LogP contribution in [0.4, 0.5) is 0 Å². The molecule has 2 rings (SSSR count). The molecule has 0 atom stereocenters. The topological polar surface area (TPSA) is 23.6 Å².